The average molecular weight is 356 g/mol. The molecule has 2 rings (SSSR count). The van der Waals surface area contributed by atoms with E-state index in [0.717, 1.165) is 12.1 Å². The Hall–Kier alpha value is -2.77. The highest BCUT2D eigenvalue weighted by molar-refractivity contribution is 5.77. The number of ether oxygens (including phenoxy) is 1. The van der Waals surface area contributed by atoms with E-state index in [4.69, 9.17) is 4.74 Å². The van der Waals surface area contributed by atoms with E-state index in [0.29, 0.717) is 12.2 Å². The first-order chi connectivity index (χ1) is 11.8. The fraction of sp³-hybridized carbons (Fsp3) is 0.235. The van der Waals surface area contributed by atoms with E-state index < -0.39 is 11.7 Å². The predicted molar refractivity (Wildman–Crippen MR) is 84.3 cm³/mol. The first-order valence-electron chi connectivity index (χ1n) is 7.45. The summed E-state index contributed by atoms with van der Waals surface area (Å²) in [5.74, 6) is -0.267. The smallest absolute Gasteiger partial charge is 0.416 e. The van der Waals surface area contributed by atoms with Gasteiger partial charge in [-0.15, -0.1) is 0 Å². The van der Waals surface area contributed by atoms with Crippen LogP contribution in [0.2, 0.25) is 0 Å². The van der Waals surface area contributed by atoms with Crippen LogP contribution in [-0.2, 0) is 11.0 Å². The zero-order valence-corrected chi connectivity index (χ0v) is 13.1. The first-order valence-corrected chi connectivity index (χ1v) is 7.45. The summed E-state index contributed by atoms with van der Waals surface area (Å²) >= 11 is 0. The molecule has 0 unspecified atom stereocenters. The van der Waals surface area contributed by atoms with E-state index in [2.05, 4.69) is 10.9 Å². The molecule has 0 aliphatic carbocycles. The topological polar surface area (TPSA) is 50.4 Å². The van der Waals surface area contributed by atoms with Crippen molar-refractivity contribution in [1.82, 2.24) is 5.43 Å². The van der Waals surface area contributed by atoms with Crippen molar-refractivity contribution >= 4 is 11.6 Å². The minimum Gasteiger partial charge on any atom is -0.494 e. The Morgan fingerprint density at radius 3 is 2.48 bits per heavy atom. The monoisotopic (exact) mass is 356 g/mol. The minimum absolute atomic E-state index is 0.118. The molecule has 0 radical (unpaired) electrons. The molecule has 25 heavy (non-hydrogen) atoms. The SMILES string of the molecule is O=C(CCCOc1ccc(F)cc1)NNc1cccc(C(F)(F)F)c1. The van der Waals surface area contributed by atoms with Gasteiger partial charge in [0.2, 0.25) is 5.91 Å². The van der Waals surface area contributed by atoms with Gasteiger partial charge in [-0.25, -0.2) is 4.39 Å². The summed E-state index contributed by atoms with van der Waals surface area (Å²) in [7, 11) is 0. The molecule has 0 aliphatic heterocycles. The molecule has 2 aromatic rings. The Bertz CT molecular complexity index is 703. The fourth-order valence-corrected chi connectivity index (χ4v) is 1.93. The van der Waals surface area contributed by atoms with Crippen molar-refractivity contribution in [2.24, 2.45) is 0 Å². The Labute approximate surface area is 141 Å². The van der Waals surface area contributed by atoms with Gasteiger partial charge in [0.05, 0.1) is 17.9 Å². The van der Waals surface area contributed by atoms with Gasteiger partial charge >= 0.3 is 6.18 Å². The molecule has 0 saturated heterocycles. The highest BCUT2D eigenvalue weighted by Gasteiger charge is 2.30. The molecule has 0 saturated carbocycles. The van der Waals surface area contributed by atoms with Crippen LogP contribution in [0.25, 0.3) is 0 Å². The van der Waals surface area contributed by atoms with Gasteiger partial charge < -0.3 is 4.74 Å². The Balaban J connectivity index is 1.69. The maximum Gasteiger partial charge on any atom is 0.416 e. The first kappa shape index (κ1) is 18.6. The van der Waals surface area contributed by atoms with E-state index in [1.807, 2.05) is 0 Å². The number of hydrogen-bond acceptors (Lipinski definition) is 3. The molecule has 8 heteroatoms. The van der Waals surface area contributed by atoms with Gasteiger partial charge in [0, 0.05) is 6.42 Å². The number of alkyl halides is 3. The summed E-state index contributed by atoms with van der Waals surface area (Å²) in [4.78, 5) is 11.7. The van der Waals surface area contributed by atoms with Crippen LogP contribution in [0.4, 0.5) is 23.2 Å². The number of hydrazine groups is 1. The van der Waals surface area contributed by atoms with E-state index >= 15 is 0 Å². The van der Waals surface area contributed by atoms with Crippen LogP contribution in [0, 0.1) is 5.82 Å². The summed E-state index contributed by atoms with van der Waals surface area (Å²) in [6.07, 6.45) is -3.93. The number of amides is 1. The molecule has 134 valence electrons. The number of nitrogens with one attached hydrogen (secondary N) is 2. The van der Waals surface area contributed by atoms with Crippen LogP contribution < -0.4 is 15.6 Å². The molecule has 2 N–H and O–H groups in total. The fourth-order valence-electron chi connectivity index (χ4n) is 1.93. The van der Waals surface area contributed by atoms with E-state index in [9.17, 15) is 22.4 Å². The van der Waals surface area contributed by atoms with Crippen LogP contribution >= 0.6 is 0 Å². The summed E-state index contributed by atoms with van der Waals surface area (Å²) in [5, 5.41) is 0. The summed E-state index contributed by atoms with van der Waals surface area (Å²) in [6.45, 7) is 0.253. The standard InChI is InChI=1S/C17H16F4N2O2/c18-13-6-8-15(9-7-13)25-10-2-5-16(24)23-22-14-4-1-3-12(11-14)17(19,20)21/h1,3-4,6-9,11,22H,2,5,10H2,(H,23,24). The van der Waals surface area contributed by atoms with Crippen molar-refractivity contribution < 1.29 is 27.1 Å². The second-order valence-corrected chi connectivity index (χ2v) is 5.16. The highest BCUT2D eigenvalue weighted by atomic mass is 19.4. The molecule has 2 aromatic carbocycles. The number of halogens is 4. The van der Waals surface area contributed by atoms with Gasteiger partial charge in [-0.05, 0) is 48.9 Å². The zero-order valence-electron chi connectivity index (χ0n) is 13.1. The molecular weight excluding hydrogens is 340 g/mol. The number of carbonyl (C=O) groups is 1. The average Bonchev–Trinajstić information content (AvgIpc) is 2.58. The predicted octanol–water partition coefficient (Wildman–Crippen LogP) is 4.15. The van der Waals surface area contributed by atoms with E-state index in [-0.39, 0.29) is 30.4 Å². The van der Waals surface area contributed by atoms with Gasteiger partial charge in [-0.1, -0.05) is 6.07 Å². The second kappa shape index (κ2) is 8.36. The van der Waals surface area contributed by atoms with Crippen LogP contribution in [-0.4, -0.2) is 12.5 Å². The lowest BCUT2D eigenvalue weighted by atomic mass is 10.2. The third-order valence-corrected chi connectivity index (χ3v) is 3.17. The molecule has 0 spiro atoms. The normalized spacial score (nSPS) is 11.0. The molecular formula is C17H16F4N2O2. The lowest BCUT2D eigenvalue weighted by Gasteiger charge is -2.11. The number of benzene rings is 2. The third-order valence-electron chi connectivity index (χ3n) is 3.17. The van der Waals surface area contributed by atoms with Crippen LogP contribution in [0.1, 0.15) is 18.4 Å². The molecule has 1 amide bonds. The van der Waals surface area contributed by atoms with Gasteiger partial charge in [0.25, 0.3) is 0 Å². The van der Waals surface area contributed by atoms with Crippen molar-refractivity contribution in [3.8, 4) is 5.75 Å². The van der Waals surface area contributed by atoms with Crippen LogP contribution in [0.15, 0.2) is 48.5 Å². The van der Waals surface area contributed by atoms with Gasteiger partial charge in [0.1, 0.15) is 11.6 Å². The molecule has 0 heterocycles. The number of carbonyl (C=O) groups excluding carboxylic acids is 1. The van der Waals surface area contributed by atoms with Gasteiger partial charge in [-0.3, -0.25) is 15.6 Å². The zero-order chi connectivity index (χ0) is 18.3. The minimum atomic E-state index is -4.45. The van der Waals surface area contributed by atoms with Crippen molar-refractivity contribution in [3.05, 3.63) is 59.9 Å². The quantitative estimate of drug-likeness (QED) is 0.445. The molecule has 0 fully saturated rings. The van der Waals surface area contributed by atoms with Gasteiger partial charge in [-0.2, -0.15) is 13.2 Å². The Kier molecular flexibility index (Phi) is 6.21. The van der Waals surface area contributed by atoms with Crippen molar-refractivity contribution in [2.75, 3.05) is 12.0 Å². The molecule has 0 atom stereocenters. The summed E-state index contributed by atoms with van der Waals surface area (Å²) in [6, 6.07) is 9.98. The van der Waals surface area contributed by atoms with Crippen molar-refractivity contribution in [2.45, 2.75) is 19.0 Å². The second-order valence-electron chi connectivity index (χ2n) is 5.16. The molecule has 0 aromatic heterocycles. The van der Waals surface area contributed by atoms with E-state index in [1.54, 1.807) is 0 Å². The largest absolute Gasteiger partial charge is 0.494 e. The van der Waals surface area contributed by atoms with Crippen LogP contribution in [0.5, 0.6) is 5.75 Å². The molecule has 0 bridgehead atoms. The lowest BCUT2D eigenvalue weighted by molar-refractivity contribution is -0.137. The Morgan fingerprint density at radius 1 is 1.08 bits per heavy atom. The number of rotatable bonds is 7. The number of anilines is 1. The molecule has 0 aliphatic rings. The Morgan fingerprint density at radius 2 is 1.80 bits per heavy atom. The lowest BCUT2D eigenvalue weighted by Crippen LogP contribution is -2.29. The van der Waals surface area contributed by atoms with Crippen molar-refractivity contribution in [1.29, 1.82) is 0 Å². The third kappa shape index (κ3) is 6.33. The van der Waals surface area contributed by atoms with E-state index in [1.165, 1.54) is 36.4 Å². The highest BCUT2D eigenvalue weighted by Crippen LogP contribution is 2.30. The summed E-state index contributed by atoms with van der Waals surface area (Å²) < 4.78 is 55.8. The summed E-state index contributed by atoms with van der Waals surface area (Å²) in [5.41, 5.74) is 4.09. The molecule has 4 nitrogen and oxygen atoms in total. The maximum atomic E-state index is 12.7. The van der Waals surface area contributed by atoms with Gasteiger partial charge in [0.15, 0.2) is 0 Å². The maximum absolute atomic E-state index is 12.7. The van der Waals surface area contributed by atoms with Crippen LogP contribution in [0.3, 0.4) is 0 Å². The van der Waals surface area contributed by atoms with Crippen molar-refractivity contribution in [3.63, 3.8) is 0 Å². The number of hydrogen-bond donors (Lipinski definition) is 2.